The zero-order chi connectivity index (χ0) is 19.6. The lowest BCUT2D eigenvalue weighted by atomic mass is 10.0. The molecule has 0 aliphatic carbocycles. The van der Waals surface area contributed by atoms with Crippen LogP contribution in [-0.4, -0.2) is 31.7 Å². The zero-order valence-corrected chi connectivity index (χ0v) is 15.6. The average Bonchev–Trinajstić information content (AvgIpc) is 2.64. The topological polar surface area (TPSA) is 66.5 Å². The maximum Gasteiger partial charge on any atom is 0.255 e. The molecule has 0 radical (unpaired) electrons. The quantitative estimate of drug-likeness (QED) is 0.861. The molecule has 0 unspecified atom stereocenters. The molecule has 2 aromatic rings. The van der Waals surface area contributed by atoms with Crippen LogP contribution in [0.2, 0.25) is 0 Å². The molecule has 8 heteroatoms. The van der Waals surface area contributed by atoms with Crippen LogP contribution in [0.3, 0.4) is 0 Å². The number of amides is 1. The first kappa shape index (κ1) is 19.4. The summed E-state index contributed by atoms with van der Waals surface area (Å²) in [6.07, 6.45) is 1.64. The van der Waals surface area contributed by atoms with Crippen LogP contribution in [-0.2, 0) is 10.0 Å². The van der Waals surface area contributed by atoms with Gasteiger partial charge in [-0.2, -0.15) is 4.31 Å². The van der Waals surface area contributed by atoms with Crippen molar-refractivity contribution in [1.82, 2.24) is 4.31 Å². The van der Waals surface area contributed by atoms with Gasteiger partial charge in [-0.25, -0.2) is 17.2 Å². The lowest BCUT2D eigenvalue weighted by Crippen LogP contribution is -2.37. The minimum Gasteiger partial charge on any atom is -0.319 e. The first-order valence-electron chi connectivity index (χ1n) is 8.64. The van der Waals surface area contributed by atoms with Gasteiger partial charge in [0, 0.05) is 24.7 Å². The first-order chi connectivity index (χ1) is 12.8. The maximum atomic E-state index is 13.6. The molecule has 1 N–H and O–H groups in total. The molecule has 27 heavy (non-hydrogen) atoms. The Morgan fingerprint density at radius 3 is 2.30 bits per heavy atom. The van der Waals surface area contributed by atoms with Crippen molar-refractivity contribution < 1.29 is 22.0 Å². The van der Waals surface area contributed by atoms with Crippen molar-refractivity contribution in [3.63, 3.8) is 0 Å². The van der Waals surface area contributed by atoms with E-state index in [1.54, 1.807) is 0 Å². The van der Waals surface area contributed by atoms with E-state index in [0.29, 0.717) is 25.1 Å². The lowest BCUT2D eigenvalue weighted by molar-refractivity contribution is 0.102. The monoisotopic (exact) mass is 394 g/mol. The summed E-state index contributed by atoms with van der Waals surface area (Å²) in [7, 11) is -3.60. The number of benzene rings is 2. The summed E-state index contributed by atoms with van der Waals surface area (Å²) in [5.74, 6) is -1.74. The van der Waals surface area contributed by atoms with E-state index in [2.05, 4.69) is 12.2 Å². The Bertz CT molecular complexity index is 938. The average molecular weight is 394 g/mol. The van der Waals surface area contributed by atoms with E-state index in [-0.39, 0.29) is 16.1 Å². The number of hydrogen-bond acceptors (Lipinski definition) is 3. The number of carbonyl (C=O) groups is 1. The summed E-state index contributed by atoms with van der Waals surface area (Å²) < 4.78 is 53.4. The van der Waals surface area contributed by atoms with Gasteiger partial charge < -0.3 is 5.32 Å². The predicted molar refractivity (Wildman–Crippen MR) is 97.9 cm³/mol. The lowest BCUT2D eigenvalue weighted by Gasteiger charge is -2.29. The van der Waals surface area contributed by atoms with Gasteiger partial charge in [-0.05, 0) is 55.2 Å². The Balaban J connectivity index is 1.73. The molecular formula is C19H20F2N2O3S. The maximum absolute atomic E-state index is 13.6. The Kier molecular flexibility index (Phi) is 5.57. The molecular weight excluding hydrogens is 374 g/mol. The predicted octanol–water partition coefficient (Wildman–Crippen LogP) is 3.64. The molecule has 1 aliphatic rings. The number of nitrogens with one attached hydrogen (secondary N) is 1. The van der Waals surface area contributed by atoms with Crippen LogP contribution in [0.4, 0.5) is 14.5 Å². The van der Waals surface area contributed by atoms with Crippen LogP contribution in [0.25, 0.3) is 0 Å². The van der Waals surface area contributed by atoms with E-state index < -0.39 is 27.6 Å². The van der Waals surface area contributed by atoms with Crippen LogP contribution in [0, 0.1) is 17.6 Å². The summed E-state index contributed by atoms with van der Waals surface area (Å²) >= 11 is 0. The molecule has 1 amide bonds. The summed E-state index contributed by atoms with van der Waals surface area (Å²) in [5, 5.41) is 2.34. The highest BCUT2D eigenvalue weighted by Crippen LogP contribution is 2.24. The molecule has 2 aromatic carbocycles. The van der Waals surface area contributed by atoms with E-state index in [1.807, 2.05) is 0 Å². The molecule has 3 rings (SSSR count). The number of carbonyl (C=O) groups excluding carboxylic acids is 1. The minimum atomic E-state index is -3.60. The summed E-state index contributed by atoms with van der Waals surface area (Å²) in [5.41, 5.74) is 0.0190. The smallest absolute Gasteiger partial charge is 0.255 e. The fraction of sp³-hybridized carbons (Fsp3) is 0.316. The van der Waals surface area contributed by atoms with E-state index in [9.17, 15) is 22.0 Å². The SMILES string of the molecule is CC1CCN(S(=O)(=O)c2ccc(C(=O)Nc3ccc(F)cc3F)cc2)CC1. The van der Waals surface area contributed by atoms with E-state index in [0.717, 1.165) is 25.0 Å². The largest absolute Gasteiger partial charge is 0.319 e. The molecule has 0 spiro atoms. The third-order valence-electron chi connectivity index (χ3n) is 4.68. The van der Waals surface area contributed by atoms with E-state index in [4.69, 9.17) is 0 Å². The molecule has 144 valence electrons. The van der Waals surface area contributed by atoms with Gasteiger partial charge in [0.2, 0.25) is 10.0 Å². The molecule has 1 heterocycles. The Hall–Kier alpha value is -2.32. The van der Waals surface area contributed by atoms with Gasteiger partial charge in [0.1, 0.15) is 11.6 Å². The number of piperidine rings is 1. The fourth-order valence-electron chi connectivity index (χ4n) is 2.94. The van der Waals surface area contributed by atoms with Gasteiger partial charge in [0.15, 0.2) is 0 Å². The van der Waals surface area contributed by atoms with Gasteiger partial charge >= 0.3 is 0 Å². The number of hydrogen-bond donors (Lipinski definition) is 1. The number of sulfonamides is 1. The van der Waals surface area contributed by atoms with E-state index >= 15 is 0 Å². The second kappa shape index (κ2) is 7.74. The van der Waals surface area contributed by atoms with Crippen molar-refractivity contribution in [2.45, 2.75) is 24.7 Å². The minimum absolute atomic E-state index is 0.113. The first-order valence-corrected chi connectivity index (χ1v) is 10.1. The van der Waals surface area contributed by atoms with Crippen LogP contribution < -0.4 is 5.32 Å². The van der Waals surface area contributed by atoms with Gasteiger partial charge in [0.05, 0.1) is 10.6 Å². The van der Waals surface area contributed by atoms with Crippen LogP contribution in [0.1, 0.15) is 30.1 Å². The van der Waals surface area contributed by atoms with Crippen molar-refractivity contribution in [3.8, 4) is 0 Å². The van der Waals surface area contributed by atoms with Crippen molar-refractivity contribution in [1.29, 1.82) is 0 Å². The highest BCUT2D eigenvalue weighted by molar-refractivity contribution is 7.89. The third-order valence-corrected chi connectivity index (χ3v) is 6.59. The zero-order valence-electron chi connectivity index (χ0n) is 14.8. The number of nitrogens with zero attached hydrogens (tertiary/aromatic N) is 1. The second-order valence-corrected chi connectivity index (χ2v) is 8.63. The van der Waals surface area contributed by atoms with Gasteiger partial charge in [0.25, 0.3) is 5.91 Å². The standard InChI is InChI=1S/C19H20F2N2O3S/c1-13-8-10-23(11-9-13)27(25,26)16-5-2-14(3-6-16)19(24)22-18-7-4-15(20)12-17(18)21/h2-7,12-13H,8-11H2,1H3,(H,22,24). The van der Waals surface area contributed by atoms with Crippen molar-refractivity contribution in [2.24, 2.45) is 5.92 Å². The molecule has 0 bridgehead atoms. The molecule has 1 saturated heterocycles. The molecule has 1 fully saturated rings. The summed E-state index contributed by atoms with van der Waals surface area (Å²) in [6, 6.07) is 8.30. The van der Waals surface area contributed by atoms with Gasteiger partial charge in [-0.1, -0.05) is 6.92 Å². The molecule has 0 aromatic heterocycles. The fourth-order valence-corrected chi connectivity index (χ4v) is 4.41. The number of rotatable bonds is 4. The number of anilines is 1. The van der Waals surface area contributed by atoms with Crippen LogP contribution in [0.15, 0.2) is 47.4 Å². The molecule has 0 atom stereocenters. The van der Waals surface area contributed by atoms with Crippen LogP contribution >= 0.6 is 0 Å². The summed E-state index contributed by atoms with van der Waals surface area (Å²) in [6.45, 7) is 3.06. The van der Waals surface area contributed by atoms with E-state index in [1.165, 1.54) is 28.6 Å². The Labute approximate surface area is 157 Å². The Morgan fingerprint density at radius 2 is 1.70 bits per heavy atom. The molecule has 5 nitrogen and oxygen atoms in total. The second-order valence-electron chi connectivity index (χ2n) is 6.69. The highest BCUT2D eigenvalue weighted by Gasteiger charge is 2.28. The summed E-state index contributed by atoms with van der Waals surface area (Å²) in [4.78, 5) is 12.3. The highest BCUT2D eigenvalue weighted by atomic mass is 32.2. The molecule has 0 saturated carbocycles. The Morgan fingerprint density at radius 1 is 1.07 bits per heavy atom. The van der Waals surface area contributed by atoms with Crippen molar-refractivity contribution in [2.75, 3.05) is 18.4 Å². The van der Waals surface area contributed by atoms with Crippen molar-refractivity contribution >= 4 is 21.6 Å². The van der Waals surface area contributed by atoms with Crippen LogP contribution in [0.5, 0.6) is 0 Å². The number of halogens is 2. The normalized spacial score (nSPS) is 16.3. The third kappa shape index (κ3) is 4.33. The molecule has 1 aliphatic heterocycles. The van der Waals surface area contributed by atoms with Gasteiger partial charge in [-0.15, -0.1) is 0 Å². The van der Waals surface area contributed by atoms with Crippen molar-refractivity contribution in [3.05, 3.63) is 59.7 Å². The van der Waals surface area contributed by atoms with Gasteiger partial charge in [-0.3, -0.25) is 4.79 Å².